The number of nitrogens with one attached hydrogen (secondary N) is 3. The summed E-state index contributed by atoms with van der Waals surface area (Å²) >= 11 is 1.77. The Morgan fingerprint density at radius 2 is 2.07 bits per heavy atom. The van der Waals surface area contributed by atoms with Gasteiger partial charge in [0.2, 0.25) is 5.91 Å². The van der Waals surface area contributed by atoms with Gasteiger partial charge in [0.1, 0.15) is 0 Å². The molecule has 9 heteroatoms. The molecule has 0 aromatic carbocycles. The van der Waals surface area contributed by atoms with E-state index in [1.165, 1.54) is 4.88 Å². The fourth-order valence-electron chi connectivity index (χ4n) is 3.02. The molecule has 0 bridgehead atoms. The van der Waals surface area contributed by atoms with Gasteiger partial charge in [-0.05, 0) is 31.7 Å². The number of aliphatic imine (C=N–C) groups is 1. The quantitative estimate of drug-likeness (QED) is 0.243. The number of ether oxygens (including phenoxy) is 1. The van der Waals surface area contributed by atoms with Crippen LogP contribution in [0.1, 0.15) is 44.5 Å². The molecule has 0 spiro atoms. The Hall–Kier alpha value is -0.910. The first-order chi connectivity index (χ1) is 13.6. The van der Waals surface area contributed by atoms with Crippen LogP contribution in [0.4, 0.5) is 0 Å². The first-order valence-electron chi connectivity index (χ1n) is 10.3. The molecule has 1 aromatic rings. The molecule has 29 heavy (non-hydrogen) atoms. The van der Waals surface area contributed by atoms with Gasteiger partial charge in [-0.2, -0.15) is 0 Å². The van der Waals surface area contributed by atoms with E-state index in [1.54, 1.807) is 11.3 Å². The van der Waals surface area contributed by atoms with E-state index in [9.17, 15) is 4.79 Å². The highest BCUT2D eigenvalue weighted by molar-refractivity contribution is 14.0. The molecule has 1 amide bonds. The molecular formula is C20H36IN5O2S. The number of nitrogens with zero attached hydrogens (tertiary/aromatic N) is 2. The highest BCUT2D eigenvalue weighted by Gasteiger charge is 2.23. The van der Waals surface area contributed by atoms with Crippen molar-refractivity contribution in [2.45, 2.75) is 45.7 Å². The van der Waals surface area contributed by atoms with Crippen LogP contribution >= 0.6 is 35.3 Å². The van der Waals surface area contributed by atoms with Crippen molar-refractivity contribution in [3.8, 4) is 0 Å². The molecule has 1 saturated heterocycles. The predicted molar refractivity (Wildman–Crippen MR) is 131 cm³/mol. The average Bonchev–Trinajstić information content (AvgIpc) is 3.23. The molecule has 0 aliphatic carbocycles. The molecule has 0 radical (unpaired) electrons. The van der Waals surface area contributed by atoms with Crippen LogP contribution in [0.5, 0.6) is 0 Å². The maximum atomic E-state index is 12.0. The fourth-order valence-corrected chi connectivity index (χ4v) is 3.87. The monoisotopic (exact) mass is 537 g/mol. The van der Waals surface area contributed by atoms with Crippen molar-refractivity contribution >= 4 is 47.2 Å². The van der Waals surface area contributed by atoms with Crippen LogP contribution < -0.4 is 16.0 Å². The number of thiophene rings is 1. The van der Waals surface area contributed by atoms with Crippen molar-refractivity contribution in [3.05, 3.63) is 22.4 Å². The van der Waals surface area contributed by atoms with Crippen molar-refractivity contribution in [1.29, 1.82) is 0 Å². The average molecular weight is 538 g/mol. The van der Waals surface area contributed by atoms with Gasteiger partial charge in [0.15, 0.2) is 5.96 Å². The van der Waals surface area contributed by atoms with Gasteiger partial charge in [0.05, 0.1) is 25.8 Å². The Labute approximate surface area is 196 Å². The zero-order valence-electron chi connectivity index (χ0n) is 17.8. The highest BCUT2D eigenvalue weighted by atomic mass is 127. The lowest BCUT2D eigenvalue weighted by atomic mass is 10.2. The molecule has 166 valence electrons. The third-order valence-corrected chi connectivity index (χ3v) is 5.76. The second-order valence-electron chi connectivity index (χ2n) is 6.95. The summed E-state index contributed by atoms with van der Waals surface area (Å²) in [5.41, 5.74) is 0. The first kappa shape index (κ1) is 26.1. The number of hydrogen-bond acceptors (Lipinski definition) is 5. The lowest BCUT2D eigenvalue weighted by Gasteiger charge is -2.33. The zero-order chi connectivity index (χ0) is 20.2. The second-order valence-corrected chi connectivity index (χ2v) is 7.93. The largest absolute Gasteiger partial charge is 0.379 e. The minimum Gasteiger partial charge on any atom is -0.379 e. The van der Waals surface area contributed by atoms with Crippen LogP contribution in [-0.4, -0.2) is 68.7 Å². The predicted octanol–water partition coefficient (Wildman–Crippen LogP) is 2.60. The van der Waals surface area contributed by atoms with Crippen LogP contribution in [0.3, 0.4) is 0 Å². The van der Waals surface area contributed by atoms with Crippen LogP contribution in [0.2, 0.25) is 0 Å². The van der Waals surface area contributed by atoms with Crippen molar-refractivity contribution in [3.63, 3.8) is 0 Å². The lowest BCUT2D eigenvalue weighted by Crippen LogP contribution is -2.42. The molecule has 2 unspecified atom stereocenters. The molecule has 1 aromatic heterocycles. The van der Waals surface area contributed by atoms with E-state index >= 15 is 0 Å². The van der Waals surface area contributed by atoms with Gasteiger partial charge >= 0.3 is 0 Å². The Bertz CT molecular complexity index is 594. The minimum atomic E-state index is 0. The van der Waals surface area contributed by atoms with Crippen molar-refractivity contribution in [2.75, 3.05) is 45.9 Å². The molecule has 1 fully saturated rings. The van der Waals surface area contributed by atoms with E-state index in [-0.39, 0.29) is 42.0 Å². The number of morpholine rings is 1. The van der Waals surface area contributed by atoms with E-state index in [0.29, 0.717) is 19.5 Å². The van der Waals surface area contributed by atoms with Crippen LogP contribution in [-0.2, 0) is 9.53 Å². The number of amides is 1. The summed E-state index contributed by atoms with van der Waals surface area (Å²) in [7, 11) is 0. The summed E-state index contributed by atoms with van der Waals surface area (Å²) in [6.45, 7) is 11.6. The standard InChI is InChI=1S/C20H35N5O2S.HI/c1-4-16(3)24-19(26)8-9-22-20(21-5-2)23-15-17(18-7-6-14-28-18)25-10-12-27-13-11-25;/h6-7,14,16-17H,4-5,8-13,15H2,1-3H3,(H,24,26)(H2,21,22,23);1H. The topological polar surface area (TPSA) is 78.0 Å². The van der Waals surface area contributed by atoms with Crippen molar-refractivity contribution in [1.82, 2.24) is 20.9 Å². The van der Waals surface area contributed by atoms with Crippen LogP contribution in [0, 0.1) is 0 Å². The molecule has 2 atom stereocenters. The van der Waals surface area contributed by atoms with E-state index in [4.69, 9.17) is 9.73 Å². The van der Waals surface area contributed by atoms with Gasteiger partial charge in [0.25, 0.3) is 0 Å². The van der Waals surface area contributed by atoms with Crippen LogP contribution in [0.25, 0.3) is 0 Å². The Morgan fingerprint density at radius 3 is 2.69 bits per heavy atom. The number of carbonyl (C=O) groups excluding carboxylic acids is 1. The SMILES string of the molecule is CCNC(=NCC(c1cccs1)N1CCOCC1)NCCC(=O)NC(C)CC.I. The maximum Gasteiger partial charge on any atom is 0.221 e. The Morgan fingerprint density at radius 1 is 1.31 bits per heavy atom. The molecular weight excluding hydrogens is 501 g/mol. The fraction of sp³-hybridized carbons (Fsp3) is 0.700. The highest BCUT2D eigenvalue weighted by Crippen LogP contribution is 2.26. The molecule has 2 heterocycles. The van der Waals surface area contributed by atoms with Crippen LogP contribution in [0.15, 0.2) is 22.5 Å². The van der Waals surface area contributed by atoms with E-state index in [2.05, 4.69) is 45.3 Å². The number of carbonyl (C=O) groups is 1. The molecule has 3 N–H and O–H groups in total. The van der Waals surface area contributed by atoms with Gasteiger partial charge in [-0.3, -0.25) is 14.7 Å². The summed E-state index contributed by atoms with van der Waals surface area (Å²) in [5.74, 6) is 0.830. The Kier molecular flexibility index (Phi) is 13.5. The van der Waals surface area contributed by atoms with Gasteiger partial charge in [-0.15, -0.1) is 35.3 Å². The van der Waals surface area contributed by atoms with E-state index < -0.39 is 0 Å². The van der Waals surface area contributed by atoms with Gasteiger partial charge in [-0.1, -0.05) is 13.0 Å². The maximum absolute atomic E-state index is 12.0. The van der Waals surface area contributed by atoms with Gasteiger partial charge in [-0.25, -0.2) is 0 Å². The second kappa shape index (κ2) is 15.0. The third kappa shape index (κ3) is 9.63. The Balaban J connectivity index is 0.00000420. The van der Waals surface area contributed by atoms with Gasteiger partial charge in [0, 0.05) is 43.5 Å². The van der Waals surface area contributed by atoms with Gasteiger partial charge < -0.3 is 20.7 Å². The molecule has 1 aliphatic heterocycles. The van der Waals surface area contributed by atoms with Crippen molar-refractivity contribution in [2.24, 2.45) is 4.99 Å². The smallest absolute Gasteiger partial charge is 0.221 e. The summed E-state index contributed by atoms with van der Waals surface area (Å²) in [6.07, 6.45) is 1.38. The molecule has 7 nitrogen and oxygen atoms in total. The summed E-state index contributed by atoms with van der Waals surface area (Å²) in [6, 6.07) is 4.75. The number of halogens is 1. The summed E-state index contributed by atoms with van der Waals surface area (Å²) < 4.78 is 5.51. The van der Waals surface area contributed by atoms with E-state index in [1.807, 2.05) is 13.8 Å². The summed E-state index contributed by atoms with van der Waals surface area (Å²) in [4.78, 5) is 20.5. The van der Waals surface area contributed by atoms with Crippen molar-refractivity contribution < 1.29 is 9.53 Å². The molecule has 1 aliphatic rings. The lowest BCUT2D eigenvalue weighted by molar-refractivity contribution is -0.121. The zero-order valence-corrected chi connectivity index (χ0v) is 20.9. The minimum absolute atomic E-state index is 0. The number of guanidine groups is 1. The van der Waals surface area contributed by atoms with E-state index in [0.717, 1.165) is 45.2 Å². The molecule has 0 saturated carbocycles. The number of rotatable bonds is 10. The first-order valence-corrected chi connectivity index (χ1v) is 11.2. The normalized spacial score (nSPS) is 17.1. The third-order valence-electron chi connectivity index (χ3n) is 4.79. The number of hydrogen-bond donors (Lipinski definition) is 3. The molecule has 2 rings (SSSR count). The summed E-state index contributed by atoms with van der Waals surface area (Å²) in [5, 5.41) is 11.7.